The molecule has 0 saturated carbocycles. The largest absolute Gasteiger partial charge is 0.486 e. The molecular weight excluding hydrogens is 230 g/mol. The molecule has 5 nitrogen and oxygen atoms in total. The standard InChI is InChI=1S/C13H15N3O2/c1-10-14-9-15-16(10)6-11-3-2-4-12(5-11)18-13-7-17-8-13/h2-5,9,13H,6-8H2,1H3. The highest BCUT2D eigenvalue weighted by Crippen LogP contribution is 2.18. The number of nitrogens with zero attached hydrogens (tertiary/aromatic N) is 3. The molecule has 94 valence electrons. The van der Waals surface area contributed by atoms with Gasteiger partial charge in [-0.2, -0.15) is 5.10 Å². The third kappa shape index (κ3) is 2.36. The molecule has 1 saturated heterocycles. The molecule has 2 heterocycles. The first kappa shape index (κ1) is 11.2. The molecule has 0 amide bonds. The van der Waals surface area contributed by atoms with Gasteiger partial charge in [0.2, 0.25) is 0 Å². The van der Waals surface area contributed by atoms with Crippen LogP contribution in [0.25, 0.3) is 0 Å². The van der Waals surface area contributed by atoms with Crippen LogP contribution in [-0.2, 0) is 11.3 Å². The lowest BCUT2D eigenvalue weighted by molar-refractivity contribution is -0.0797. The Labute approximate surface area is 105 Å². The van der Waals surface area contributed by atoms with Gasteiger partial charge in [-0.25, -0.2) is 9.67 Å². The highest BCUT2D eigenvalue weighted by atomic mass is 16.6. The summed E-state index contributed by atoms with van der Waals surface area (Å²) in [4.78, 5) is 4.11. The lowest BCUT2D eigenvalue weighted by Gasteiger charge is -2.26. The van der Waals surface area contributed by atoms with Crippen molar-refractivity contribution >= 4 is 0 Å². The molecule has 2 aromatic rings. The first-order valence-electron chi connectivity index (χ1n) is 5.99. The molecule has 1 aromatic carbocycles. The maximum atomic E-state index is 5.77. The van der Waals surface area contributed by atoms with Gasteiger partial charge in [0.15, 0.2) is 0 Å². The molecule has 18 heavy (non-hydrogen) atoms. The lowest BCUT2D eigenvalue weighted by atomic mass is 10.2. The number of hydrogen-bond donors (Lipinski definition) is 0. The van der Waals surface area contributed by atoms with Crippen LogP contribution in [0, 0.1) is 6.92 Å². The molecular formula is C13H15N3O2. The summed E-state index contributed by atoms with van der Waals surface area (Å²) in [6.07, 6.45) is 1.77. The number of aryl methyl sites for hydroxylation is 1. The number of benzene rings is 1. The Morgan fingerprint density at radius 1 is 1.44 bits per heavy atom. The van der Waals surface area contributed by atoms with Crippen LogP contribution in [0.3, 0.4) is 0 Å². The molecule has 1 aromatic heterocycles. The molecule has 1 aliphatic rings. The average molecular weight is 245 g/mol. The van der Waals surface area contributed by atoms with Crippen molar-refractivity contribution in [2.75, 3.05) is 13.2 Å². The van der Waals surface area contributed by atoms with Crippen molar-refractivity contribution in [3.8, 4) is 5.75 Å². The Hall–Kier alpha value is -1.88. The van der Waals surface area contributed by atoms with Crippen LogP contribution in [-0.4, -0.2) is 34.1 Å². The summed E-state index contributed by atoms with van der Waals surface area (Å²) in [7, 11) is 0. The number of ether oxygens (including phenoxy) is 2. The van der Waals surface area contributed by atoms with Gasteiger partial charge in [0.25, 0.3) is 0 Å². The minimum Gasteiger partial charge on any atom is -0.486 e. The summed E-state index contributed by atoms with van der Waals surface area (Å²) >= 11 is 0. The van der Waals surface area contributed by atoms with E-state index in [9.17, 15) is 0 Å². The molecule has 5 heteroatoms. The van der Waals surface area contributed by atoms with Crippen LogP contribution in [0.5, 0.6) is 5.75 Å². The molecule has 0 N–H and O–H groups in total. The molecule has 0 unspecified atom stereocenters. The maximum Gasteiger partial charge on any atom is 0.145 e. The number of hydrogen-bond acceptors (Lipinski definition) is 4. The molecule has 0 atom stereocenters. The van der Waals surface area contributed by atoms with Crippen molar-refractivity contribution in [1.29, 1.82) is 0 Å². The zero-order chi connectivity index (χ0) is 12.4. The van der Waals surface area contributed by atoms with E-state index in [0.717, 1.165) is 17.1 Å². The Balaban J connectivity index is 1.72. The van der Waals surface area contributed by atoms with Crippen molar-refractivity contribution in [2.24, 2.45) is 0 Å². The second-order valence-corrected chi connectivity index (χ2v) is 4.39. The maximum absolute atomic E-state index is 5.77. The highest BCUT2D eigenvalue weighted by molar-refractivity contribution is 5.29. The minimum atomic E-state index is 0.202. The monoisotopic (exact) mass is 245 g/mol. The molecule has 0 aliphatic carbocycles. The molecule has 0 spiro atoms. The van der Waals surface area contributed by atoms with Crippen LogP contribution >= 0.6 is 0 Å². The van der Waals surface area contributed by atoms with Crippen molar-refractivity contribution in [3.05, 3.63) is 42.0 Å². The topological polar surface area (TPSA) is 49.2 Å². The van der Waals surface area contributed by atoms with Gasteiger partial charge in [-0.3, -0.25) is 0 Å². The Morgan fingerprint density at radius 2 is 2.33 bits per heavy atom. The van der Waals surface area contributed by atoms with Crippen LogP contribution in [0.2, 0.25) is 0 Å². The molecule has 1 fully saturated rings. The molecule has 0 radical (unpaired) electrons. The van der Waals surface area contributed by atoms with Crippen molar-refractivity contribution in [1.82, 2.24) is 14.8 Å². The zero-order valence-corrected chi connectivity index (χ0v) is 10.2. The van der Waals surface area contributed by atoms with Gasteiger partial charge in [0.1, 0.15) is 24.0 Å². The lowest BCUT2D eigenvalue weighted by Crippen LogP contribution is -2.38. The van der Waals surface area contributed by atoms with E-state index in [1.54, 1.807) is 6.33 Å². The predicted molar refractivity (Wildman–Crippen MR) is 65.5 cm³/mol. The first-order chi connectivity index (χ1) is 8.81. The summed E-state index contributed by atoms with van der Waals surface area (Å²) < 4.78 is 12.7. The van der Waals surface area contributed by atoms with Crippen molar-refractivity contribution in [2.45, 2.75) is 19.6 Å². The molecule has 3 rings (SSSR count). The quantitative estimate of drug-likeness (QED) is 0.817. The van der Waals surface area contributed by atoms with Crippen LogP contribution in [0.15, 0.2) is 30.6 Å². The van der Waals surface area contributed by atoms with Crippen LogP contribution in [0.1, 0.15) is 11.4 Å². The van der Waals surface area contributed by atoms with Gasteiger partial charge in [0, 0.05) is 0 Å². The van der Waals surface area contributed by atoms with E-state index >= 15 is 0 Å². The first-order valence-corrected chi connectivity index (χ1v) is 5.99. The zero-order valence-electron chi connectivity index (χ0n) is 10.2. The second-order valence-electron chi connectivity index (χ2n) is 4.39. The van der Waals surface area contributed by atoms with E-state index in [1.807, 2.05) is 29.8 Å². The Bertz CT molecular complexity index is 535. The fraction of sp³-hybridized carbons (Fsp3) is 0.385. The summed E-state index contributed by atoms with van der Waals surface area (Å²) in [6.45, 7) is 4.03. The highest BCUT2D eigenvalue weighted by Gasteiger charge is 2.19. The van der Waals surface area contributed by atoms with E-state index in [4.69, 9.17) is 9.47 Å². The van der Waals surface area contributed by atoms with E-state index in [2.05, 4.69) is 16.1 Å². The van der Waals surface area contributed by atoms with E-state index in [1.165, 1.54) is 0 Å². The van der Waals surface area contributed by atoms with E-state index in [-0.39, 0.29) is 6.10 Å². The minimum absolute atomic E-state index is 0.202. The van der Waals surface area contributed by atoms with E-state index in [0.29, 0.717) is 19.8 Å². The fourth-order valence-corrected chi connectivity index (χ4v) is 1.84. The second kappa shape index (κ2) is 4.78. The normalized spacial score (nSPS) is 15.4. The molecule has 1 aliphatic heterocycles. The van der Waals surface area contributed by atoms with Crippen molar-refractivity contribution < 1.29 is 9.47 Å². The van der Waals surface area contributed by atoms with Crippen molar-refractivity contribution in [3.63, 3.8) is 0 Å². The number of rotatable bonds is 4. The smallest absolute Gasteiger partial charge is 0.145 e. The van der Waals surface area contributed by atoms with Gasteiger partial charge >= 0.3 is 0 Å². The van der Waals surface area contributed by atoms with Gasteiger partial charge in [-0.15, -0.1) is 0 Å². The Kier molecular flexibility index (Phi) is 2.98. The van der Waals surface area contributed by atoms with Crippen LogP contribution in [0.4, 0.5) is 0 Å². The van der Waals surface area contributed by atoms with E-state index < -0.39 is 0 Å². The summed E-state index contributed by atoms with van der Waals surface area (Å²) in [5, 5.41) is 4.17. The van der Waals surface area contributed by atoms with Crippen LogP contribution < -0.4 is 4.74 Å². The third-order valence-corrected chi connectivity index (χ3v) is 2.95. The van der Waals surface area contributed by atoms with Gasteiger partial charge < -0.3 is 9.47 Å². The van der Waals surface area contributed by atoms with Gasteiger partial charge in [-0.05, 0) is 24.6 Å². The SMILES string of the molecule is Cc1ncnn1Cc1cccc(OC2COC2)c1. The summed E-state index contributed by atoms with van der Waals surface area (Å²) in [6, 6.07) is 8.07. The predicted octanol–water partition coefficient (Wildman–Crippen LogP) is 1.41. The van der Waals surface area contributed by atoms with Gasteiger partial charge in [0.05, 0.1) is 19.8 Å². The Morgan fingerprint density at radius 3 is 3.00 bits per heavy atom. The van der Waals surface area contributed by atoms with Gasteiger partial charge in [-0.1, -0.05) is 12.1 Å². The third-order valence-electron chi connectivity index (χ3n) is 2.95. The number of aromatic nitrogens is 3. The summed E-state index contributed by atoms with van der Waals surface area (Å²) in [5.41, 5.74) is 1.15. The summed E-state index contributed by atoms with van der Waals surface area (Å²) in [5.74, 6) is 1.80. The fourth-order valence-electron chi connectivity index (χ4n) is 1.84. The average Bonchev–Trinajstić information content (AvgIpc) is 2.71. The molecule has 0 bridgehead atoms.